The molecule has 0 aromatic rings. The smallest absolute Gasteiger partial charge is 0.143 e. The van der Waals surface area contributed by atoms with E-state index >= 15 is 0 Å². The molecule has 0 heterocycles. The Labute approximate surface area is 94.0 Å². The highest BCUT2D eigenvalue weighted by Crippen LogP contribution is 2.34. The van der Waals surface area contributed by atoms with Crippen molar-refractivity contribution >= 4 is 33.2 Å². The Kier molecular flexibility index (Phi) is 7.37. The molecule has 0 aliphatic rings. The number of hydrogen-bond acceptors (Lipinski definition) is 4. The molecule has 0 amide bonds. The second-order valence-electron chi connectivity index (χ2n) is 3.21. The minimum absolute atomic E-state index is 0.0356. The summed E-state index contributed by atoms with van der Waals surface area (Å²) in [6.07, 6.45) is 1.67. The van der Waals surface area contributed by atoms with Gasteiger partial charge in [0.25, 0.3) is 0 Å². The van der Waals surface area contributed by atoms with Crippen LogP contribution in [0.3, 0.4) is 0 Å². The van der Waals surface area contributed by atoms with Crippen molar-refractivity contribution in [1.82, 2.24) is 0 Å². The second-order valence-corrected chi connectivity index (χ2v) is 5.89. The lowest BCUT2D eigenvalue weighted by Crippen LogP contribution is -2.15. The first-order valence-corrected chi connectivity index (χ1v) is 7.13. The van der Waals surface area contributed by atoms with Gasteiger partial charge in [-0.1, -0.05) is 35.4 Å². The molecule has 2 nitrogen and oxygen atoms in total. The summed E-state index contributed by atoms with van der Waals surface area (Å²) in [5.41, 5.74) is 0. The molecule has 0 rings (SSSR count). The molecule has 0 saturated heterocycles. The van der Waals surface area contributed by atoms with Gasteiger partial charge < -0.3 is 0 Å². The van der Waals surface area contributed by atoms with Crippen molar-refractivity contribution < 1.29 is 9.59 Å². The molecular formula is C10H18O2S2. The maximum Gasteiger partial charge on any atom is 0.143 e. The summed E-state index contributed by atoms with van der Waals surface area (Å²) in [6, 6.07) is 0. The summed E-state index contributed by atoms with van der Waals surface area (Å²) in [6.45, 7) is 7.20. The minimum atomic E-state index is 0.0356. The van der Waals surface area contributed by atoms with Crippen LogP contribution in [-0.2, 0) is 9.59 Å². The number of rotatable bonds is 7. The molecule has 4 heteroatoms. The van der Waals surface area contributed by atoms with Gasteiger partial charge in [0.15, 0.2) is 0 Å². The predicted octanol–water partition coefficient (Wildman–Crippen LogP) is 3.10. The first-order valence-electron chi connectivity index (χ1n) is 4.85. The molecule has 0 N–H and O–H groups in total. The summed E-state index contributed by atoms with van der Waals surface area (Å²) < 4.78 is 0. The highest BCUT2D eigenvalue weighted by Gasteiger charge is 2.18. The highest BCUT2D eigenvalue weighted by molar-refractivity contribution is 8.77. The zero-order valence-electron chi connectivity index (χ0n) is 9.20. The molecule has 0 saturated carbocycles. The fraction of sp³-hybridized carbons (Fsp3) is 0.800. The van der Waals surface area contributed by atoms with Crippen LogP contribution in [-0.4, -0.2) is 22.1 Å². The Morgan fingerprint density at radius 2 is 1.21 bits per heavy atom. The monoisotopic (exact) mass is 234 g/mol. The topological polar surface area (TPSA) is 34.1 Å². The summed E-state index contributed by atoms with van der Waals surface area (Å²) >= 11 is 0. The number of ketones is 2. The van der Waals surface area contributed by atoms with E-state index in [2.05, 4.69) is 0 Å². The van der Waals surface area contributed by atoms with Crippen LogP contribution in [0.5, 0.6) is 0 Å². The first-order chi connectivity index (χ1) is 6.52. The van der Waals surface area contributed by atoms with Crippen molar-refractivity contribution in [3.63, 3.8) is 0 Å². The molecule has 0 fully saturated rings. The third kappa shape index (κ3) is 5.05. The molecular weight excluding hydrogens is 216 g/mol. The van der Waals surface area contributed by atoms with Crippen LogP contribution in [0.4, 0.5) is 0 Å². The van der Waals surface area contributed by atoms with Gasteiger partial charge >= 0.3 is 0 Å². The van der Waals surface area contributed by atoms with Crippen molar-refractivity contribution in [2.45, 2.75) is 51.0 Å². The fourth-order valence-corrected chi connectivity index (χ4v) is 4.23. The summed E-state index contributed by atoms with van der Waals surface area (Å²) in [4.78, 5) is 22.3. The Morgan fingerprint density at radius 3 is 1.36 bits per heavy atom. The highest BCUT2D eigenvalue weighted by atomic mass is 33.1. The minimum Gasteiger partial charge on any atom is -0.299 e. The Morgan fingerprint density at radius 1 is 0.929 bits per heavy atom. The lowest BCUT2D eigenvalue weighted by Gasteiger charge is -2.14. The van der Waals surface area contributed by atoms with Gasteiger partial charge in [-0.25, -0.2) is 0 Å². The lowest BCUT2D eigenvalue weighted by molar-refractivity contribution is -0.117. The standard InChI is InChI=1S/C10H18O2S2/c1-5-9(7(3)11)13-14-10(6-2)8(4)12/h9-10H,5-6H2,1-4H3. The van der Waals surface area contributed by atoms with Gasteiger partial charge in [-0.15, -0.1) is 0 Å². The van der Waals surface area contributed by atoms with Gasteiger partial charge in [0, 0.05) is 0 Å². The molecule has 0 aliphatic heterocycles. The molecule has 0 radical (unpaired) electrons. The maximum atomic E-state index is 11.1. The molecule has 14 heavy (non-hydrogen) atoms. The van der Waals surface area contributed by atoms with E-state index in [-0.39, 0.29) is 22.1 Å². The molecule has 82 valence electrons. The van der Waals surface area contributed by atoms with Crippen LogP contribution in [0, 0.1) is 0 Å². The zero-order chi connectivity index (χ0) is 11.1. The van der Waals surface area contributed by atoms with Crippen molar-refractivity contribution in [3.05, 3.63) is 0 Å². The molecule has 0 aromatic heterocycles. The van der Waals surface area contributed by atoms with Crippen LogP contribution in [0.15, 0.2) is 0 Å². The normalized spacial score (nSPS) is 14.9. The van der Waals surface area contributed by atoms with Crippen molar-refractivity contribution in [3.8, 4) is 0 Å². The summed E-state index contributed by atoms with van der Waals surface area (Å²) in [7, 11) is 3.07. The number of Topliss-reactive ketones (excluding diaryl/α,β-unsaturated/α-hetero) is 2. The quantitative estimate of drug-likeness (QED) is 0.634. The number of hydrogen-bond donors (Lipinski definition) is 0. The van der Waals surface area contributed by atoms with Crippen LogP contribution in [0.25, 0.3) is 0 Å². The van der Waals surface area contributed by atoms with Gasteiger partial charge in [-0.2, -0.15) is 0 Å². The molecule has 0 aliphatic carbocycles. The van der Waals surface area contributed by atoms with Gasteiger partial charge in [0.1, 0.15) is 11.6 Å². The average molecular weight is 234 g/mol. The van der Waals surface area contributed by atoms with Crippen LogP contribution >= 0.6 is 21.6 Å². The number of carbonyl (C=O) groups is 2. The van der Waals surface area contributed by atoms with Crippen LogP contribution in [0.2, 0.25) is 0 Å². The molecule has 0 bridgehead atoms. The van der Waals surface area contributed by atoms with E-state index in [0.29, 0.717) is 0 Å². The molecule has 2 atom stereocenters. The van der Waals surface area contributed by atoms with Gasteiger partial charge in [-0.3, -0.25) is 9.59 Å². The van der Waals surface area contributed by atoms with E-state index < -0.39 is 0 Å². The third-order valence-corrected chi connectivity index (χ3v) is 5.57. The number of carbonyl (C=O) groups excluding carboxylic acids is 2. The van der Waals surface area contributed by atoms with E-state index in [0.717, 1.165) is 12.8 Å². The van der Waals surface area contributed by atoms with E-state index in [1.807, 2.05) is 13.8 Å². The van der Waals surface area contributed by atoms with E-state index in [4.69, 9.17) is 0 Å². The molecule has 0 spiro atoms. The average Bonchev–Trinajstić information content (AvgIpc) is 2.11. The Balaban J connectivity index is 4.00. The van der Waals surface area contributed by atoms with E-state index in [1.165, 1.54) is 21.6 Å². The Bertz CT molecular complexity index is 182. The SMILES string of the molecule is CCC(SSC(CC)C(C)=O)C(C)=O. The fourth-order valence-electron chi connectivity index (χ4n) is 0.981. The second kappa shape index (κ2) is 7.35. The predicted molar refractivity (Wildman–Crippen MR) is 64.7 cm³/mol. The third-order valence-electron chi connectivity index (χ3n) is 1.94. The van der Waals surface area contributed by atoms with Crippen LogP contribution in [0.1, 0.15) is 40.5 Å². The zero-order valence-corrected chi connectivity index (χ0v) is 10.8. The maximum absolute atomic E-state index is 11.1. The van der Waals surface area contributed by atoms with E-state index in [1.54, 1.807) is 13.8 Å². The molecule has 2 unspecified atom stereocenters. The van der Waals surface area contributed by atoms with Crippen molar-refractivity contribution in [1.29, 1.82) is 0 Å². The molecule has 0 aromatic carbocycles. The first kappa shape index (κ1) is 14.0. The largest absolute Gasteiger partial charge is 0.299 e. The van der Waals surface area contributed by atoms with Gasteiger partial charge in [0.05, 0.1) is 10.5 Å². The van der Waals surface area contributed by atoms with Gasteiger partial charge in [-0.05, 0) is 26.7 Å². The summed E-state index contributed by atoms with van der Waals surface area (Å²) in [5.74, 6) is 0.395. The van der Waals surface area contributed by atoms with E-state index in [9.17, 15) is 9.59 Å². The summed E-state index contributed by atoms with van der Waals surface area (Å²) in [5, 5.41) is 0.0711. The van der Waals surface area contributed by atoms with Crippen molar-refractivity contribution in [2.24, 2.45) is 0 Å². The van der Waals surface area contributed by atoms with Crippen LogP contribution < -0.4 is 0 Å². The van der Waals surface area contributed by atoms with Gasteiger partial charge in [0.2, 0.25) is 0 Å². The van der Waals surface area contributed by atoms with Crippen molar-refractivity contribution in [2.75, 3.05) is 0 Å². The Hall–Kier alpha value is 0.0400. The lowest BCUT2D eigenvalue weighted by atomic mass is 10.2.